The Morgan fingerprint density at radius 3 is 2.74 bits per heavy atom. The lowest BCUT2D eigenvalue weighted by atomic mass is 9.96. The van der Waals surface area contributed by atoms with Crippen molar-refractivity contribution in [3.63, 3.8) is 0 Å². The van der Waals surface area contributed by atoms with Gasteiger partial charge in [0.05, 0.1) is 0 Å². The van der Waals surface area contributed by atoms with Gasteiger partial charge in [0.1, 0.15) is 23.9 Å². The van der Waals surface area contributed by atoms with E-state index in [-0.39, 0.29) is 18.6 Å². The van der Waals surface area contributed by atoms with Crippen LogP contribution < -0.4 is 5.32 Å². The van der Waals surface area contributed by atoms with Gasteiger partial charge in [-0.15, -0.1) is 0 Å². The smallest absolute Gasteiger partial charge is 0.410 e. The molecule has 0 aliphatic carbocycles. The fourth-order valence-corrected chi connectivity index (χ4v) is 2.49. The van der Waals surface area contributed by atoms with Crippen molar-refractivity contribution in [2.24, 2.45) is 0 Å². The Kier molecular flexibility index (Phi) is 5.74. The van der Waals surface area contributed by atoms with Crippen molar-refractivity contribution in [1.29, 1.82) is 0 Å². The number of nitrogens with one attached hydrogen (secondary N) is 1. The molecule has 2 heterocycles. The van der Waals surface area contributed by atoms with Gasteiger partial charge in [-0.3, -0.25) is 0 Å². The Balaban J connectivity index is 1.90. The first kappa shape index (κ1) is 17.4. The summed E-state index contributed by atoms with van der Waals surface area (Å²) >= 11 is 0. The molecule has 1 aliphatic rings. The number of carbonyl (C=O) groups excluding carboxylic acids is 1. The number of rotatable bonds is 4. The Morgan fingerprint density at radius 1 is 1.43 bits per heavy atom. The summed E-state index contributed by atoms with van der Waals surface area (Å²) in [6.07, 6.45) is 3.01. The highest BCUT2D eigenvalue weighted by Gasteiger charge is 2.28. The third kappa shape index (κ3) is 5.33. The molecule has 2 rings (SSSR count). The molecule has 0 atom stereocenters. The number of likely N-dealkylation sites (tertiary alicyclic amines) is 1. The van der Waals surface area contributed by atoms with Crippen molar-refractivity contribution in [3.05, 3.63) is 18.1 Å². The number of alkyl halides is 1. The highest BCUT2D eigenvalue weighted by Crippen LogP contribution is 2.26. The van der Waals surface area contributed by atoms with Crippen molar-refractivity contribution in [1.82, 2.24) is 14.9 Å². The Hall–Kier alpha value is -1.92. The highest BCUT2D eigenvalue weighted by atomic mass is 19.1. The summed E-state index contributed by atoms with van der Waals surface area (Å²) in [6, 6.07) is 1.73. The van der Waals surface area contributed by atoms with Crippen LogP contribution >= 0.6 is 0 Å². The predicted molar refractivity (Wildman–Crippen MR) is 86.3 cm³/mol. The van der Waals surface area contributed by atoms with Gasteiger partial charge in [-0.05, 0) is 39.7 Å². The summed E-state index contributed by atoms with van der Waals surface area (Å²) in [6.45, 7) is 6.65. The molecule has 0 radical (unpaired) electrons. The molecular formula is C16H25FN4O2. The summed E-state index contributed by atoms with van der Waals surface area (Å²) in [5, 5.41) is 2.92. The molecule has 0 spiro atoms. The van der Waals surface area contributed by atoms with Gasteiger partial charge in [0, 0.05) is 31.7 Å². The van der Waals surface area contributed by atoms with Gasteiger partial charge in [0.15, 0.2) is 0 Å². The lowest BCUT2D eigenvalue weighted by molar-refractivity contribution is 0.0203. The number of hydrogen-bond donors (Lipinski definition) is 1. The number of hydrogen-bond acceptors (Lipinski definition) is 5. The van der Waals surface area contributed by atoms with Gasteiger partial charge in [0.25, 0.3) is 0 Å². The van der Waals surface area contributed by atoms with Crippen molar-refractivity contribution < 1.29 is 13.9 Å². The number of aromatic nitrogens is 2. The number of carbonyl (C=O) groups is 1. The van der Waals surface area contributed by atoms with E-state index in [4.69, 9.17) is 4.74 Å². The number of piperidine rings is 1. The summed E-state index contributed by atoms with van der Waals surface area (Å²) in [5.41, 5.74) is -0.479. The molecule has 1 fully saturated rings. The Morgan fingerprint density at radius 2 is 2.13 bits per heavy atom. The van der Waals surface area contributed by atoms with Crippen LogP contribution in [0.25, 0.3) is 0 Å². The van der Waals surface area contributed by atoms with Crippen molar-refractivity contribution in [3.8, 4) is 0 Å². The van der Waals surface area contributed by atoms with E-state index in [1.54, 1.807) is 17.2 Å². The molecule has 7 heteroatoms. The van der Waals surface area contributed by atoms with Crippen molar-refractivity contribution in [2.45, 2.75) is 45.1 Å². The minimum Gasteiger partial charge on any atom is -0.444 e. The topological polar surface area (TPSA) is 67.3 Å². The van der Waals surface area contributed by atoms with E-state index in [0.717, 1.165) is 18.7 Å². The number of nitrogens with zero attached hydrogens (tertiary/aromatic N) is 3. The number of amides is 1. The first-order chi connectivity index (χ1) is 10.9. The van der Waals surface area contributed by atoms with Crippen molar-refractivity contribution >= 4 is 11.9 Å². The average Bonchev–Trinajstić information content (AvgIpc) is 2.52. The number of halogens is 1. The minimum atomic E-state index is -0.479. The van der Waals surface area contributed by atoms with E-state index in [1.165, 1.54) is 0 Å². The van der Waals surface area contributed by atoms with Gasteiger partial charge in [0.2, 0.25) is 0 Å². The van der Waals surface area contributed by atoms with Crippen LogP contribution in [0.15, 0.2) is 12.3 Å². The molecule has 1 aromatic heterocycles. The maximum Gasteiger partial charge on any atom is 0.410 e. The van der Waals surface area contributed by atoms with Gasteiger partial charge in [-0.25, -0.2) is 19.2 Å². The molecule has 1 aromatic rings. The number of ether oxygens (including phenoxy) is 1. The fraction of sp³-hybridized carbons (Fsp3) is 0.688. The van der Waals surface area contributed by atoms with Crippen LogP contribution in [0, 0.1) is 0 Å². The van der Waals surface area contributed by atoms with Crippen LogP contribution in [0.5, 0.6) is 0 Å². The second kappa shape index (κ2) is 7.57. The molecule has 6 nitrogen and oxygen atoms in total. The molecule has 1 N–H and O–H groups in total. The molecule has 1 amide bonds. The molecule has 0 bridgehead atoms. The van der Waals surface area contributed by atoms with Crippen LogP contribution in [-0.4, -0.2) is 52.9 Å². The van der Waals surface area contributed by atoms with Crippen LogP contribution in [0.4, 0.5) is 15.0 Å². The van der Waals surface area contributed by atoms with Crippen LogP contribution in [0.3, 0.4) is 0 Å². The van der Waals surface area contributed by atoms with E-state index < -0.39 is 12.3 Å². The number of anilines is 1. The van der Waals surface area contributed by atoms with Crippen LogP contribution in [-0.2, 0) is 4.74 Å². The standard InChI is InChI=1S/C16H25FN4O2/c1-16(2,3)23-15(22)21-10-5-12(6-11-21)14-19-8-4-13(20-14)18-9-7-17/h4,8,12H,5-7,9-11H2,1-3H3,(H,18,19,20). The molecule has 1 saturated heterocycles. The Bertz CT molecular complexity index is 525. The van der Waals surface area contributed by atoms with E-state index in [9.17, 15) is 9.18 Å². The minimum absolute atomic E-state index is 0.209. The third-order valence-corrected chi connectivity index (χ3v) is 3.59. The van der Waals surface area contributed by atoms with E-state index >= 15 is 0 Å². The van der Waals surface area contributed by atoms with Gasteiger partial charge >= 0.3 is 6.09 Å². The third-order valence-electron chi connectivity index (χ3n) is 3.59. The van der Waals surface area contributed by atoms with Crippen molar-refractivity contribution in [2.75, 3.05) is 31.6 Å². The Labute approximate surface area is 136 Å². The zero-order valence-corrected chi connectivity index (χ0v) is 14.0. The fourth-order valence-electron chi connectivity index (χ4n) is 2.49. The maximum atomic E-state index is 12.2. The first-order valence-corrected chi connectivity index (χ1v) is 8.00. The molecule has 0 aromatic carbocycles. The zero-order valence-electron chi connectivity index (χ0n) is 14.0. The summed E-state index contributed by atoms with van der Waals surface area (Å²) < 4.78 is 17.6. The highest BCUT2D eigenvalue weighted by molar-refractivity contribution is 5.68. The molecule has 0 unspecified atom stereocenters. The molecular weight excluding hydrogens is 299 g/mol. The van der Waals surface area contributed by atoms with Gasteiger partial charge in [-0.1, -0.05) is 0 Å². The predicted octanol–water partition coefficient (Wildman–Crippen LogP) is 2.97. The maximum absolute atomic E-state index is 12.2. The monoisotopic (exact) mass is 324 g/mol. The second-order valence-electron chi connectivity index (χ2n) is 6.66. The van der Waals surface area contributed by atoms with Gasteiger partial charge < -0.3 is 15.0 Å². The molecule has 23 heavy (non-hydrogen) atoms. The molecule has 1 aliphatic heterocycles. The summed E-state index contributed by atoms with van der Waals surface area (Å²) in [5.74, 6) is 1.60. The van der Waals surface area contributed by atoms with E-state index in [1.807, 2.05) is 20.8 Å². The molecule has 0 saturated carbocycles. The van der Waals surface area contributed by atoms with E-state index in [0.29, 0.717) is 18.9 Å². The first-order valence-electron chi connectivity index (χ1n) is 8.00. The zero-order chi connectivity index (χ0) is 16.9. The molecule has 128 valence electrons. The lowest BCUT2D eigenvalue weighted by Crippen LogP contribution is -2.41. The summed E-state index contributed by atoms with van der Waals surface area (Å²) in [4.78, 5) is 22.5. The SMILES string of the molecule is CC(C)(C)OC(=O)N1CCC(c2nccc(NCCF)n2)CC1. The summed E-state index contributed by atoms with van der Waals surface area (Å²) in [7, 11) is 0. The van der Waals surface area contributed by atoms with Crippen LogP contribution in [0.1, 0.15) is 45.4 Å². The normalized spacial score (nSPS) is 16.3. The lowest BCUT2D eigenvalue weighted by Gasteiger charge is -2.32. The van der Waals surface area contributed by atoms with E-state index in [2.05, 4.69) is 15.3 Å². The second-order valence-corrected chi connectivity index (χ2v) is 6.66. The van der Waals surface area contributed by atoms with Gasteiger partial charge in [-0.2, -0.15) is 0 Å². The largest absolute Gasteiger partial charge is 0.444 e. The van der Waals surface area contributed by atoms with Crippen LogP contribution in [0.2, 0.25) is 0 Å². The quantitative estimate of drug-likeness (QED) is 0.922. The average molecular weight is 324 g/mol.